The van der Waals surface area contributed by atoms with Crippen molar-refractivity contribution in [1.82, 2.24) is 14.8 Å². The third-order valence-corrected chi connectivity index (χ3v) is 7.64. The summed E-state index contributed by atoms with van der Waals surface area (Å²) in [5, 5.41) is 2.39. The molecule has 1 heterocycles. The Morgan fingerprint density at radius 3 is 1.90 bits per heavy atom. The van der Waals surface area contributed by atoms with Crippen molar-refractivity contribution in [2.24, 2.45) is 0 Å². The Kier molecular flexibility index (Phi) is 8.86. The lowest BCUT2D eigenvalue weighted by atomic mass is 10.1. The van der Waals surface area contributed by atoms with Crippen molar-refractivity contribution < 1.29 is 9.59 Å². The zero-order valence-electron chi connectivity index (χ0n) is 22.9. The van der Waals surface area contributed by atoms with Crippen LogP contribution in [0.15, 0.2) is 115 Å². The maximum Gasteiger partial charge on any atom is 0.254 e. The summed E-state index contributed by atoms with van der Waals surface area (Å²) in [7, 11) is 0. The molecule has 7 heteroatoms. The molecule has 0 aliphatic heterocycles. The number of carbonyl (C=O) groups is 2. The first-order chi connectivity index (χ1) is 20.0. The normalized spacial score (nSPS) is 10.8. The molecule has 2 amide bonds. The largest absolute Gasteiger partial charge is 0.375 e. The number of amides is 2. The number of hydrogen-bond acceptors (Lipinski definition) is 5. The second-order valence-electron chi connectivity index (χ2n) is 9.96. The molecule has 0 aliphatic carbocycles. The van der Waals surface area contributed by atoms with Gasteiger partial charge < -0.3 is 15.5 Å². The highest BCUT2D eigenvalue weighted by Gasteiger charge is 2.24. The van der Waals surface area contributed by atoms with Crippen molar-refractivity contribution in [2.75, 3.05) is 12.3 Å². The van der Waals surface area contributed by atoms with Gasteiger partial charge in [-0.05, 0) is 41.3 Å². The van der Waals surface area contributed by atoms with Crippen LogP contribution in [0.1, 0.15) is 32.6 Å². The first kappa shape index (κ1) is 27.8. The number of rotatable bonds is 10. The Morgan fingerprint density at radius 1 is 0.732 bits per heavy atom. The fourth-order valence-corrected chi connectivity index (χ4v) is 5.25. The molecule has 0 spiro atoms. The van der Waals surface area contributed by atoms with Crippen LogP contribution in [-0.4, -0.2) is 33.1 Å². The number of benzene rings is 4. The number of aryl methyl sites for hydroxylation is 1. The Hall–Kier alpha value is -4.75. The van der Waals surface area contributed by atoms with Crippen molar-refractivity contribution >= 4 is 28.3 Å². The minimum atomic E-state index is -0.206. The highest BCUT2D eigenvalue weighted by atomic mass is 32.1. The Morgan fingerprint density at radius 2 is 1.32 bits per heavy atom. The van der Waals surface area contributed by atoms with Crippen LogP contribution >= 0.6 is 11.3 Å². The molecule has 0 fully saturated rings. The van der Waals surface area contributed by atoms with E-state index in [1.54, 1.807) is 17.0 Å². The average Bonchev–Trinajstić information content (AvgIpc) is 3.44. The quantitative estimate of drug-likeness (QED) is 0.209. The fraction of sp³-hybridized carbons (Fsp3) is 0.147. The van der Waals surface area contributed by atoms with Gasteiger partial charge in [0.15, 0.2) is 5.13 Å². The lowest BCUT2D eigenvalue weighted by Gasteiger charge is -2.28. The highest BCUT2D eigenvalue weighted by molar-refractivity contribution is 7.13. The van der Waals surface area contributed by atoms with Crippen molar-refractivity contribution in [3.8, 4) is 11.3 Å². The van der Waals surface area contributed by atoms with Crippen molar-refractivity contribution in [1.29, 1.82) is 0 Å². The minimum Gasteiger partial charge on any atom is -0.375 e. The summed E-state index contributed by atoms with van der Waals surface area (Å²) in [6.07, 6.45) is 0. The molecule has 5 aromatic rings. The van der Waals surface area contributed by atoms with Crippen molar-refractivity contribution in [3.63, 3.8) is 0 Å². The van der Waals surface area contributed by atoms with Gasteiger partial charge >= 0.3 is 0 Å². The zero-order chi connectivity index (χ0) is 28.6. The summed E-state index contributed by atoms with van der Waals surface area (Å²) in [5.74, 6) is -0.321. The van der Waals surface area contributed by atoms with E-state index in [4.69, 9.17) is 5.73 Å². The molecule has 206 valence electrons. The molecular formula is C34H32N4O2S. The predicted octanol–water partition coefficient (Wildman–Crippen LogP) is 6.57. The van der Waals surface area contributed by atoms with Gasteiger partial charge in [0.1, 0.15) is 6.54 Å². The van der Waals surface area contributed by atoms with Crippen LogP contribution < -0.4 is 5.73 Å². The number of nitrogens with zero attached hydrogens (tertiary/aromatic N) is 3. The summed E-state index contributed by atoms with van der Waals surface area (Å²) in [4.78, 5) is 35.6. The lowest BCUT2D eigenvalue weighted by Crippen LogP contribution is -2.42. The lowest BCUT2D eigenvalue weighted by molar-refractivity contribution is -0.133. The van der Waals surface area contributed by atoms with Crippen LogP contribution in [-0.2, 0) is 24.4 Å². The van der Waals surface area contributed by atoms with Gasteiger partial charge in [-0.25, -0.2) is 4.98 Å². The second kappa shape index (κ2) is 13.1. The molecule has 0 aliphatic rings. The first-order valence-corrected chi connectivity index (χ1v) is 14.3. The molecule has 0 saturated carbocycles. The van der Waals surface area contributed by atoms with Gasteiger partial charge in [-0.15, -0.1) is 11.3 Å². The maximum absolute atomic E-state index is 14.0. The van der Waals surface area contributed by atoms with E-state index in [0.717, 1.165) is 33.5 Å². The Labute approximate surface area is 244 Å². The molecular weight excluding hydrogens is 528 g/mol. The molecule has 0 radical (unpaired) electrons. The topological polar surface area (TPSA) is 79.5 Å². The molecule has 0 unspecified atom stereocenters. The van der Waals surface area contributed by atoms with E-state index >= 15 is 0 Å². The van der Waals surface area contributed by atoms with E-state index in [0.29, 0.717) is 30.3 Å². The Bertz CT molecular complexity index is 1600. The van der Waals surface area contributed by atoms with Gasteiger partial charge in [0.05, 0.1) is 5.69 Å². The zero-order valence-corrected chi connectivity index (χ0v) is 23.8. The molecule has 0 atom stereocenters. The third kappa shape index (κ3) is 7.26. The Balaban J connectivity index is 1.41. The number of anilines is 1. The van der Waals surface area contributed by atoms with Crippen molar-refractivity contribution in [2.45, 2.75) is 26.6 Å². The van der Waals surface area contributed by atoms with Crippen LogP contribution in [0.3, 0.4) is 0 Å². The SMILES string of the molecule is Cc1ccccc1CN(Cc1ccccc1)C(=O)CN(Cc1ccccc1)C(=O)c1ccc(-c2csc(N)n2)cc1. The maximum atomic E-state index is 14.0. The van der Waals surface area contributed by atoms with Crippen LogP contribution in [0.5, 0.6) is 0 Å². The van der Waals surface area contributed by atoms with E-state index in [-0.39, 0.29) is 18.4 Å². The highest BCUT2D eigenvalue weighted by Crippen LogP contribution is 2.24. The monoisotopic (exact) mass is 560 g/mol. The fourth-order valence-electron chi connectivity index (χ4n) is 4.68. The summed E-state index contributed by atoms with van der Waals surface area (Å²) in [6, 6.07) is 35.1. The van der Waals surface area contributed by atoms with Gasteiger partial charge in [0.2, 0.25) is 5.91 Å². The predicted molar refractivity (Wildman–Crippen MR) is 165 cm³/mol. The molecule has 5 rings (SSSR count). The van der Waals surface area contributed by atoms with Crippen LogP contribution in [0.4, 0.5) is 5.13 Å². The van der Waals surface area contributed by atoms with E-state index in [1.807, 2.05) is 101 Å². The van der Waals surface area contributed by atoms with Gasteiger partial charge in [0, 0.05) is 36.1 Å². The smallest absolute Gasteiger partial charge is 0.254 e. The van der Waals surface area contributed by atoms with Gasteiger partial charge in [0.25, 0.3) is 5.91 Å². The molecule has 6 nitrogen and oxygen atoms in total. The van der Waals surface area contributed by atoms with E-state index in [2.05, 4.69) is 18.0 Å². The van der Waals surface area contributed by atoms with E-state index in [1.165, 1.54) is 11.3 Å². The van der Waals surface area contributed by atoms with Gasteiger partial charge in [-0.1, -0.05) is 97.1 Å². The van der Waals surface area contributed by atoms with E-state index < -0.39 is 0 Å². The molecule has 0 bridgehead atoms. The number of aromatic nitrogens is 1. The molecule has 2 N–H and O–H groups in total. The summed E-state index contributed by atoms with van der Waals surface area (Å²) < 4.78 is 0. The minimum absolute atomic E-state index is 0.0448. The second-order valence-corrected chi connectivity index (χ2v) is 10.8. The first-order valence-electron chi connectivity index (χ1n) is 13.5. The standard InChI is InChI=1S/C34H32N4O2S/c1-25-10-8-9-15-30(25)22-37(20-26-11-4-2-5-12-26)32(39)23-38(21-27-13-6-3-7-14-27)33(40)29-18-16-28(17-19-29)31-24-41-34(35)36-31/h2-19,24H,20-23H2,1H3,(H2,35,36). The summed E-state index contributed by atoms with van der Waals surface area (Å²) >= 11 is 1.38. The number of nitrogens with two attached hydrogens (primary N) is 1. The van der Waals surface area contributed by atoms with Crippen LogP contribution in [0.2, 0.25) is 0 Å². The summed E-state index contributed by atoms with van der Waals surface area (Å²) in [5.41, 5.74) is 12.2. The third-order valence-electron chi connectivity index (χ3n) is 6.97. The number of nitrogen functional groups attached to an aromatic ring is 1. The van der Waals surface area contributed by atoms with Gasteiger partial charge in [-0.2, -0.15) is 0 Å². The number of carbonyl (C=O) groups excluding carboxylic acids is 2. The van der Waals surface area contributed by atoms with Crippen LogP contribution in [0.25, 0.3) is 11.3 Å². The molecule has 41 heavy (non-hydrogen) atoms. The van der Waals surface area contributed by atoms with Crippen molar-refractivity contribution in [3.05, 3.63) is 142 Å². The van der Waals surface area contributed by atoms with E-state index in [9.17, 15) is 9.59 Å². The molecule has 0 saturated heterocycles. The van der Waals surface area contributed by atoms with Crippen LogP contribution in [0, 0.1) is 6.92 Å². The molecule has 1 aromatic heterocycles. The summed E-state index contributed by atoms with van der Waals surface area (Å²) in [6.45, 7) is 3.23. The van der Waals surface area contributed by atoms with Gasteiger partial charge in [-0.3, -0.25) is 9.59 Å². The number of hydrogen-bond donors (Lipinski definition) is 1. The average molecular weight is 561 g/mol. The number of thiazole rings is 1. The molecule has 4 aromatic carbocycles.